The van der Waals surface area contributed by atoms with E-state index in [-0.39, 0.29) is 17.9 Å². The summed E-state index contributed by atoms with van der Waals surface area (Å²) in [5, 5.41) is 0. The summed E-state index contributed by atoms with van der Waals surface area (Å²) in [6, 6.07) is 23.2. The van der Waals surface area contributed by atoms with Crippen LogP contribution >= 0.6 is 0 Å². The second-order valence-electron chi connectivity index (χ2n) is 10.7. The molecule has 38 heavy (non-hydrogen) atoms. The summed E-state index contributed by atoms with van der Waals surface area (Å²) in [5.74, 6) is 0.0284. The van der Waals surface area contributed by atoms with E-state index in [1.54, 1.807) is 13.0 Å². The largest absolute Gasteiger partial charge is 0.312 e. The summed E-state index contributed by atoms with van der Waals surface area (Å²) in [4.78, 5) is 32.3. The van der Waals surface area contributed by atoms with Crippen molar-refractivity contribution in [3.63, 3.8) is 0 Å². The first-order valence-electron chi connectivity index (χ1n) is 13.6. The van der Waals surface area contributed by atoms with Crippen LogP contribution in [0.2, 0.25) is 0 Å². The SMILES string of the molecule is CC(=O)N1CCc2ccc(N(C(=O)/C=C/c3cc(C)cc(C)c3)C3CCN(Cc4ccccc4)CC3)cc21. The zero-order valence-electron chi connectivity index (χ0n) is 22.7. The number of amides is 2. The van der Waals surface area contributed by atoms with Crippen molar-refractivity contribution in [2.24, 2.45) is 0 Å². The van der Waals surface area contributed by atoms with Crippen molar-refractivity contribution in [3.05, 3.63) is 101 Å². The predicted octanol–water partition coefficient (Wildman–Crippen LogP) is 5.92. The van der Waals surface area contributed by atoms with Crippen LogP contribution in [-0.2, 0) is 22.6 Å². The Morgan fingerprint density at radius 2 is 1.63 bits per heavy atom. The molecule has 3 aromatic carbocycles. The van der Waals surface area contributed by atoms with Gasteiger partial charge in [-0.3, -0.25) is 14.5 Å². The molecule has 0 radical (unpaired) electrons. The molecule has 0 unspecified atom stereocenters. The zero-order chi connectivity index (χ0) is 26.6. The Morgan fingerprint density at radius 1 is 0.921 bits per heavy atom. The molecule has 196 valence electrons. The molecule has 5 nitrogen and oxygen atoms in total. The average Bonchev–Trinajstić information content (AvgIpc) is 3.33. The highest BCUT2D eigenvalue weighted by Gasteiger charge is 2.30. The van der Waals surface area contributed by atoms with E-state index >= 15 is 0 Å². The van der Waals surface area contributed by atoms with Crippen molar-refractivity contribution in [1.29, 1.82) is 0 Å². The lowest BCUT2D eigenvalue weighted by Crippen LogP contribution is -2.47. The number of anilines is 2. The van der Waals surface area contributed by atoms with Gasteiger partial charge in [-0.25, -0.2) is 0 Å². The van der Waals surface area contributed by atoms with Crippen LogP contribution in [0.15, 0.2) is 72.8 Å². The summed E-state index contributed by atoms with van der Waals surface area (Å²) in [6.45, 7) is 9.27. The van der Waals surface area contributed by atoms with Crippen LogP contribution in [0.5, 0.6) is 0 Å². The van der Waals surface area contributed by atoms with Gasteiger partial charge in [0, 0.05) is 56.6 Å². The van der Waals surface area contributed by atoms with Gasteiger partial charge in [0.15, 0.2) is 0 Å². The molecule has 0 bridgehead atoms. The third-order valence-electron chi connectivity index (χ3n) is 7.69. The van der Waals surface area contributed by atoms with E-state index in [1.807, 2.05) is 21.9 Å². The quantitative estimate of drug-likeness (QED) is 0.389. The number of fused-ring (bicyclic) bond motifs is 1. The van der Waals surface area contributed by atoms with E-state index in [0.29, 0.717) is 6.54 Å². The zero-order valence-corrected chi connectivity index (χ0v) is 22.7. The monoisotopic (exact) mass is 507 g/mol. The fourth-order valence-corrected chi connectivity index (χ4v) is 5.89. The van der Waals surface area contributed by atoms with Gasteiger partial charge in [-0.05, 0) is 68.0 Å². The molecular formula is C33H37N3O2. The van der Waals surface area contributed by atoms with Crippen LogP contribution in [0.25, 0.3) is 6.08 Å². The van der Waals surface area contributed by atoms with Gasteiger partial charge in [-0.1, -0.05) is 65.7 Å². The normalized spacial score (nSPS) is 16.1. The minimum Gasteiger partial charge on any atom is -0.312 e. The molecule has 0 saturated carbocycles. The molecule has 5 rings (SSSR count). The van der Waals surface area contributed by atoms with Gasteiger partial charge in [-0.15, -0.1) is 0 Å². The van der Waals surface area contributed by atoms with E-state index in [0.717, 1.165) is 55.8 Å². The summed E-state index contributed by atoms with van der Waals surface area (Å²) in [5.41, 5.74) is 7.69. The number of hydrogen-bond donors (Lipinski definition) is 0. The number of hydrogen-bond acceptors (Lipinski definition) is 3. The smallest absolute Gasteiger partial charge is 0.251 e. The lowest BCUT2D eigenvalue weighted by atomic mass is 10.00. The molecule has 0 N–H and O–H groups in total. The van der Waals surface area contributed by atoms with E-state index in [9.17, 15) is 9.59 Å². The minimum absolute atomic E-state index is 0.0157. The Hall–Kier alpha value is -3.70. The van der Waals surface area contributed by atoms with Gasteiger partial charge < -0.3 is 9.80 Å². The number of carbonyl (C=O) groups is 2. The van der Waals surface area contributed by atoms with Crippen molar-refractivity contribution >= 4 is 29.3 Å². The number of benzene rings is 3. The molecule has 3 aromatic rings. The number of nitrogens with zero attached hydrogens (tertiary/aromatic N) is 3. The van der Waals surface area contributed by atoms with Crippen LogP contribution in [0.4, 0.5) is 11.4 Å². The van der Waals surface area contributed by atoms with Gasteiger partial charge in [0.25, 0.3) is 5.91 Å². The first-order chi connectivity index (χ1) is 18.4. The van der Waals surface area contributed by atoms with Crippen molar-refractivity contribution in [3.8, 4) is 0 Å². The van der Waals surface area contributed by atoms with Crippen LogP contribution in [0.3, 0.4) is 0 Å². The Morgan fingerprint density at radius 3 is 2.32 bits per heavy atom. The van der Waals surface area contributed by atoms with Gasteiger partial charge in [0.2, 0.25) is 5.91 Å². The number of aryl methyl sites for hydroxylation is 2. The standard InChI is InChI=1S/C33H37N3O2/c1-24-19-25(2)21-28(20-24)9-12-33(38)36(31-11-10-29-13-18-35(26(3)37)32(29)22-31)30-14-16-34(17-15-30)23-27-7-5-4-6-8-27/h4-12,19-22,30H,13-18,23H2,1-3H3/b12-9+. The Kier molecular flexibility index (Phi) is 7.75. The Balaban J connectivity index is 1.40. The lowest BCUT2D eigenvalue weighted by molar-refractivity contribution is -0.116. The van der Waals surface area contributed by atoms with Gasteiger partial charge in [0.1, 0.15) is 0 Å². The Labute approximate surface area is 226 Å². The first kappa shape index (κ1) is 25.9. The highest BCUT2D eigenvalue weighted by atomic mass is 16.2. The summed E-state index contributed by atoms with van der Waals surface area (Å²) in [6.07, 6.45) is 6.30. The molecule has 0 aliphatic carbocycles. The number of rotatable bonds is 6. The molecule has 1 fully saturated rings. The second kappa shape index (κ2) is 11.4. The van der Waals surface area contributed by atoms with Crippen LogP contribution in [0, 0.1) is 13.8 Å². The third kappa shape index (κ3) is 5.89. The molecule has 0 aromatic heterocycles. The Bertz CT molecular complexity index is 1320. The summed E-state index contributed by atoms with van der Waals surface area (Å²) in [7, 11) is 0. The molecule has 5 heteroatoms. The van der Waals surface area contributed by atoms with Crippen LogP contribution in [0.1, 0.15) is 47.6 Å². The molecule has 2 aliphatic rings. The van der Waals surface area contributed by atoms with Gasteiger partial charge in [-0.2, -0.15) is 0 Å². The van der Waals surface area contributed by atoms with Crippen molar-refractivity contribution in [2.45, 2.75) is 52.6 Å². The number of carbonyl (C=O) groups excluding carboxylic acids is 2. The molecule has 1 saturated heterocycles. The maximum atomic E-state index is 13.8. The fourth-order valence-electron chi connectivity index (χ4n) is 5.89. The fraction of sp³-hybridized carbons (Fsp3) is 0.333. The maximum absolute atomic E-state index is 13.8. The van der Waals surface area contributed by atoms with E-state index in [2.05, 4.69) is 79.4 Å². The molecular weight excluding hydrogens is 470 g/mol. The van der Waals surface area contributed by atoms with E-state index < -0.39 is 0 Å². The van der Waals surface area contributed by atoms with Crippen LogP contribution in [-0.4, -0.2) is 42.4 Å². The number of likely N-dealkylation sites (tertiary alicyclic amines) is 1. The molecule has 2 aliphatic heterocycles. The maximum Gasteiger partial charge on any atom is 0.251 e. The highest BCUT2D eigenvalue weighted by molar-refractivity contribution is 6.05. The third-order valence-corrected chi connectivity index (χ3v) is 7.69. The van der Waals surface area contributed by atoms with Crippen molar-refractivity contribution < 1.29 is 9.59 Å². The van der Waals surface area contributed by atoms with Crippen LogP contribution < -0.4 is 9.80 Å². The molecule has 0 atom stereocenters. The summed E-state index contributed by atoms with van der Waals surface area (Å²) >= 11 is 0. The molecule has 2 heterocycles. The van der Waals surface area contributed by atoms with Gasteiger partial charge in [0.05, 0.1) is 0 Å². The van der Waals surface area contributed by atoms with Crippen molar-refractivity contribution in [2.75, 3.05) is 29.4 Å². The minimum atomic E-state index is -0.0157. The first-order valence-corrected chi connectivity index (χ1v) is 13.6. The van der Waals surface area contributed by atoms with E-state index in [1.165, 1.54) is 22.3 Å². The topological polar surface area (TPSA) is 43.9 Å². The average molecular weight is 508 g/mol. The predicted molar refractivity (Wildman–Crippen MR) is 155 cm³/mol. The van der Waals surface area contributed by atoms with Gasteiger partial charge >= 0.3 is 0 Å². The van der Waals surface area contributed by atoms with E-state index in [4.69, 9.17) is 0 Å². The van der Waals surface area contributed by atoms with Crippen molar-refractivity contribution in [1.82, 2.24) is 4.90 Å². The molecule has 2 amide bonds. The molecule has 0 spiro atoms. The lowest BCUT2D eigenvalue weighted by Gasteiger charge is -2.38. The summed E-state index contributed by atoms with van der Waals surface area (Å²) < 4.78 is 0. The second-order valence-corrected chi connectivity index (χ2v) is 10.7. The highest BCUT2D eigenvalue weighted by Crippen LogP contribution is 2.34. The number of piperidine rings is 1.